The second kappa shape index (κ2) is 6.73. The molecule has 0 saturated heterocycles. The lowest BCUT2D eigenvalue weighted by Gasteiger charge is -2.18. The van der Waals surface area contributed by atoms with Gasteiger partial charge in [-0.3, -0.25) is 4.79 Å². The molecule has 5 heteroatoms. The minimum absolute atomic E-state index is 0.0291. The lowest BCUT2D eigenvalue weighted by molar-refractivity contribution is 0.0680. The quantitative estimate of drug-likeness (QED) is 0.737. The zero-order valence-corrected chi connectivity index (χ0v) is 13.2. The molecule has 0 heterocycles. The van der Waals surface area contributed by atoms with Crippen molar-refractivity contribution < 1.29 is 9.53 Å². The highest BCUT2D eigenvalue weighted by molar-refractivity contribution is 9.10. The van der Waals surface area contributed by atoms with Gasteiger partial charge in [0, 0.05) is 29.7 Å². The summed E-state index contributed by atoms with van der Waals surface area (Å²) in [4.78, 5) is 13.9. The summed E-state index contributed by atoms with van der Waals surface area (Å²) in [5.41, 5.74) is 0.620. The molecule has 0 aromatic heterocycles. The molecule has 1 amide bonds. The molecular formula is C14H17BrClNO2. The summed E-state index contributed by atoms with van der Waals surface area (Å²) in [5, 5.41) is 0.610. The van der Waals surface area contributed by atoms with Gasteiger partial charge in [-0.25, -0.2) is 0 Å². The summed E-state index contributed by atoms with van der Waals surface area (Å²) >= 11 is 9.23. The van der Waals surface area contributed by atoms with Gasteiger partial charge in [-0.1, -0.05) is 11.6 Å². The Morgan fingerprint density at radius 2 is 2.26 bits per heavy atom. The molecule has 1 aromatic carbocycles. The van der Waals surface area contributed by atoms with E-state index in [1.54, 1.807) is 30.1 Å². The predicted octanol–water partition coefficient (Wildman–Crippen LogP) is 3.60. The molecule has 0 spiro atoms. The van der Waals surface area contributed by atoms with Gasteiger partial charge in [-0.2, -0.15) is 0 Å². The number of benzene rings is 1. The maximum Gasteiger partial charge on any atom is 0.254 e. The Morgan fingerprint density at radius 3 is 2.89 bits per heavy atom. The van der Waals surface area contributed by atoms with E-state index in [0.717, 1.165) is 17.0 Å². The zero-order valence-electron chi connectivity index (χ0n) is 10.9. The van der Waals surface area contributed by atoms with Gasteiger partial charge >= 0.3 is 0 Å². The van der Waals surface area contributed by atoms with Crippen molar-refractivity contribution in [2.45, 2.75) is 12.8 Å². The maximum absolute atomic E-state index is 12.2. The molecule has 3 nitrogen and oxygen atoms in total. The summed E-state index contributed by atoms with van der Waals surface area (Å²) in [6, 6.07) is 5.18. The average Bonchev–Trinajstić information content (AvgIpc) is 3.17. The van der Waals surface area contributed by atoms with Crippen LogP contribution in [-0.4, -0.2) is 37.6 Å². The molecular weight excluding hydrogens is 330 g/mol. The van der Waals surface area contributed by atoms with Crippen molar-refractivity contribution in [1.82, 2.24) is 4.90 Å². The molecule has 1 aliphatic carbocycles. The van der Waals surface area contributed by atoms with Crippen LogP contribution < -0.4 is 0 Å². The number of nitrogens with zero attached hydrogens (tertiary/aromatic N) is 1. The summed E-state index contributed by atoms with van der Waals surface area (Å²) in [6.45, 7) is 2.01. The largest absolute Gasteiger partial charge is 0.379 e. The normalized spacial score (nSPS) is 14.5. The Hall–Kier alpha value is -0.580. The fourth-order valence-corrected chi connectivity index (χ4v) is 2.56. The number of halogens is 2. The van der Waals surface area contributed by atoms with Crippen LogP contribution in [0.4, 0.5) is 0 Å². The number of carbonyl (C=O) groups excluding carboxylic acids is 1. The fraction of sp³-hybridized carbons (Fsp3) is 0.500. The standard InChI is InChI=1S/C14H17BrClNO2/c1-17(6-7-19-9-10-2-3-10)14(18)12-5-4-11(16)8-13(12)15/h4-5,8,10H,2-3,6-7,9H2,1H3. The molecule has 1 aromatic rings. The first-order chi connectivity index (χ1) is 9.08. The number of hydrogen-bond donors (Lipinski definition) is 0. The van der Waals surface area contributed by atoms with Crippen LogP contribution in [0.15, 0.2) is 22.7 Å². The van der Waals surface area contributed by atoms with E-state index in [1.165, 1.54) is 12.8 Å². The van der Waals surface area contributed by atoms with Crippen LogP contribution in [0.5, 0.6) is 0 Å². The summed E-state index contributed by atoms with van der Waals surface area (Å²) in [5.74, 6) is 0.727. The molecule has 2 rings (SSSR count). The van der Waals surface area contributed by atoms with Crippen molar-refractivity contribution >= 4 is 33.4 Å². The van der Waals surface area contributed by atoms with Crippen LogP contribution in [0.1, 0.15) is 23.2 Å². The molecule has 0 unspecified atom stereocenters. The molecule has 19 heavy (non-hydrogen) atoms. The molecule has 0 atom stereocenters. The number of likely N-dealkylation sites (N-methyl/N-ethyl adjacent to an activating group) is 1. The van der Waals surface area contributed by atoms with Crippen LogP contribution in [0, 0.1) is 5.92 Å². The van der Waals surface area contributed by atoms with Gasteiger partial charge in [0.2, 0.25) is 0 Å². The Kier molecular flexibility index (Phi) is 5.25. The van der Waals surface area contributed by atoms with Gasteiger partial charge in [-0.05, 0) is 52.9 Å². The fourth-order valence-electron chi connectivity index (χ4n) is 1.71. The van der Waals surface area contributed by atoms with E-state index in [9.17, 15) is 4.79 Å². The van der Waals surface area contributed by atoms with Crippen LogP contribution >= 0.6 is 27.5 Å². The van der Waals surface area contributed by atoms with E-state index in [1.807, 2.05) is 0 Å². The molecule has 0 N–H and O–H groups in total. The van der Waals surface area contributed by atoms with Crippen molar-refractivity contribution in [2.24, 2.45) is 5.92 Å². The molecule has 0 aliphatic heterocycles. The molecule has 1 fully saturated rings. The number of amides is 1. The first-order valence-corrected chi connectivity index (χ1v) is 7.53. The second-order valence-electron chi connectivity index (χ2n) is 4.87. The van der Waals surface area contributed by atoms with Crippen molar-refractivity contribution in [3.63, 3.8) is 0 Å². The third kappa shape index (κ3) is 4.48. The zero-order chi connectivity index (χ0) is 13.8. The molecule has 0 bridgehead atoms. The summed E-state index contributed by atoms with van der Waals surface area (Å²) < 4.78 is 6.26. The molecule has 1 saturated carbocycles. The van der Waals surface area contributed by atoms with Gasteiger partial charge in [0.15, 0.2) is 0 Å². The monoisotopic (exact) mass is 345 g/mol. The smallest absolute Gasteiger partial charge is 0.254 e. The van der Waals surface area contributed by atoms with Gasteiger partial charge in [0.1, 0.15) is 0 Å². The van der Waals surface area contributed by atoms with Crippen molar-refractivity contribution in [2.75, 3.05) is 26.8 Å². The number of hydrogen-bond acceptors (Lipinski definition) is 2. The summed E-state index contributed by atoms with van der Waals surface area (Å²) in [7, 11) is 1.78. The first-order valence-electron chi connectivity index (χ1n) is 6.36. The lowest BCUT2D eigenvalue weighted by atomic mass is 10.2. The van der Waals surface area contributed by atoms with Crippen LogP contribution in [0.3, 0.4) is 0 Å². The average molecular weight is 347 g/mol. The number of carbonyl (C=O) groups is 1. The third-order valence-electron chi connectivity index (χ3n) is 3.13. The highest BCUT2D eigenvalue weighted by Crippen LogP contribution is 2.28. The van der Waals surface area contributed by atoms with E-state index in [4.69, 9.17) is 16.3 Å². The van der Waals surface area contributed by atoms with Crippen LogP contribution in [0.2, 0.25) is 5.02 Å². The van der Waals surface area contributed by atoms with Gasteiger partial charge in [0.05, 0.1) is 12.2 Å². The highest BCUT2D eigenvalue weighted by Gasteiger charge is 2.21. The number of rotatable bonds is 6. The van der Waals surface area contributed by atoms with Gasteiger partial charge in [0.25, 0.3) is 5.91 Å². The van der Waals surface area contributed by atoms with E-state index in [2.05, 4.69) is 15.9 Å². The van der Waals surface area contributed by atoms with Crippen molar-refractivity contribution in [1.29, 1.82) is 0 Å². The van der Waals surface area contributed by atoms with E-state index in [-0.39, 0.29) is 5.91 Å². The number of ether oxygens (including phenoxy) is 1. The molecule has 1 aliphatic rings. The summed E-state index contributed by atoms with van der Waals surface area (Å²) in [6.07, 6.45) is 2.57. The van der Waals surface area contributed by atoms with Gasteiger partial charge < -0.3 is 9.64 Å². The minimum Gasteiger partial charge on any atom is -0.379 e. The van der Waals surface area contributed by atoms with Crippen LogP contribution in [0.25, 0.3) is 0 Å². The topological polar surface area (TPSA) is 29.5 Å². The minimum atomic E-state index is -0.0291. The van der Waals surface area contributed by atoms with Crippen LogP contribution in [-0.2, 0) is 4.74 Å². The first kappa shape index (κ1) is 14.8. The van der Waals surface area contributed by atoms with Crippen molar-refractivity contribution in [3.8, 4) is 0 Å². The van der Waals surface area contributed by atoms with E-state index in [0.29, 0.717) is 23.7 Å². The highest BCUT2D eigenvalue weighted by atomic mass is 79.9. The third-order valence-corrected chi connectivity index (χ3v) is 4.02. The molecule has 0 radical (unpaired) electrons. The Morgan fingerprint density at radius 1 is 1.53 bits per heavy atom. The Balaban J connectivity index is 1.83. The van der Waals surface area contributed by atoms with E-state index >= 15 is 0 Å². The molecule has 104 valence electrons. The Labute approximate surface area is 127 Å². The van der Waals surface area contributed by atoms with Crippen molar-refractivity contribution in [3.05, 3.63) is 33.3 Å². The Bertz CT molecular complexity index is 463. The van der Waals surface area contributed by atoms with Gasteiger partial charge in [-0.15, -0.1) is 0 Å². The SMILES string of the molecule is CN(CCOCC1CC1)C(=O)c1ccc(Cl)cc1Br. The maximum atomic E-state index is 12.2. The lowest BCUT2D eigenvalue weighted by Crippen LogP contribution is -2.30. The predicted molar refractivity (Wildman–Crippen MR) is 79.7 cm³/mol. The second-order valence-corrected chi connectivity index (χ2v) is 6.16. The van der Waals surface area contributed by atoms with E-state index < -0.39 is 0 Å².